The first-order chi connectivity index (χ1) is 9.42. The highest BCUT2D eigenvalue weighted by molar-refractivity contribution is 5.29. The predicted octanol–water partition coefficient (Wildman–Crippen LogP) is 4.33. The van der Waals surface area contributed by atoms with Crippen molar-refractivity contribution in [2.24, 2.45) is 0 Å². The van der Waals surface area contributed by atoms with Crippen LogP contribution in [0.25, 0.3) is 0 Å². The van der Waals surface area contributed by atoms with Gasteiger partial charge in [0.2, 0.25) is 0 Å². The highest BCUT2D eigenvalue weighted by Crippen LogP contribution is 2.39. The van der Waals surface area contributed by atoms with Crippen molar-refractivity contribution < 1.29 is 4.74 Å². The van der Waals surface area contributed by atoms with Crippen molar-refractivity contribution in [1.29, 1.82) is 0 Å². The smallest absolute Gasteiger partial charge is 0.120 e. The van der Waals surface area contributed by atoms with E-state index in [1.54, 1.807) is 0 Å². The molecule has 0 aromatic heterocycles. The molecule has 2 heteroatoms. The standard InChI is InChI=1S/C18H29NO/c1-5-15-8-6-9-16(14-15)20-18(10-7-11-18)12-13-19-17(2,3)4/h6,8-9,14,19H,5,7,10-13H2,1-4H3. The van der Waals surface area contributed by atoms with Crippen LogP contribution in [0.3, 0.4) is 0 Å². The van der Waals surface area contributed by atoms with Crippen LogP contribution in [0.1, 0.15) is 58.9 Å². The monoisotopic (exact) mass is 275 g/mol. The molecule has 0 amide bonds. The van der Waals surface area contributed by atoms with E-state index in [9.17, 15) is 0 Å². The molecule has 0 radical (unpaired) electrons. The first-order valence-corrected chi connectivity index (χ1v) is 7.95. The topological polar surface area (TPSA) is 21.3 Å². The molecular formula is C18H29NO. The van der Waals surface area contributed by atoms with Gasteiger partial charge in [0.25, 0.3) is 0 Å². The number of hydrogen-bond acceptors (Lipinski definition) is 2. The summed E-state index contributed by atoms with van der Waals surface area (Å²) in [5.41, 5.74) is 1.61. The first-order valence-electron chi connectivity index (χ1n) is 7.95. The van der Waals surface area contributed by atoms with Gasteiger partial charge in [-0.05, 0) is 77.1 Å². The molecule has 1 aromatic carbocycles. The number of benzene rings is 1. The summed E-state index contributed by atoms with van der Waals surface area (Å²) in [6, 6.07) is 8.56. The second kappa shape index (κ2) is 6.17. The van der Waals surface area contributed by atoms with E-state index in [0.717, 1.165) is 25.1 Å². The van der Waals surface area contributed by atoms with E-state index < -0.39 is 0 Å². The summed E-state index contributed by atoms with van der Waals surface area (Å²) >= 11 is 0. The molecule has 0 atom stereocenters. The molecular weight excluding hydrogens is 246 g/mol. The van der Waals surface area contributed by atoms with Crippen molar-refractivity contribution in [2.45, 2.75) is 70.9 Å². The van der Waals surface area contributed by atoms with E-state index in [0.29, 0.717) is 0 Å². The van der Waals surface area contributed by atoms with Gasteiger partial charge in [-0.2, -0.15) is 0 Å². The Hall–Kier alpha value is -1.02. The number of ether oxygens (including phenoxy) is 1. The maximum Gasteiger partial charge on any atom is 0.120 e. The Balaban J connectivity index is 1.93. The number of aryl methyl sites for hydroxylation is 1. The second-order valence-corrected chi connectivity index (χ2v) is 7.07. The maximum atomic E-state index is 6.36. The quantitative estimate of drug-likeness (QED) is 0.834. The van der Waals surface area contributed by atoms with Gasteiger partial charge in [0.05, 0.1) is 0 Å². The Bertz CT molecular complexity index is 429. The van der Waals surface area contributed by atoms with Crippen LogP contribution in [0.15, 0.2) is 24.3 Å². The van der Waals surface area contributed by atoms with Crippen molar-refractivity contribution in [2.75, 3.05) is 6.54 Å². The average Bonchev–Trinajstić information content (AvgIpc) is 2.34. The maximum absolute atomic E-state index is 6.36. The zero-order valence-electron chi connectivity index (χ0n) is 13.5. The van der Waals surface area contributed by atoms with Crippen LogP contribution < -0.4 is 10.1 Å². The molecule has 0 spiro atoms. The summed E-state index contributed by atoms with van der Waals surface area (Å²) in [6.07, 6.45) is 5.84. The van der Waals surface area contributed by atoms with Gasteiger partial charge in [-0.15, -0.1) is 0 Å². The van der Waals surface area contributed by atoms with Crippen LogP contribution in [-0.4, -0.2) is 17.7 Å². The van der Waals surface area contributed by atoms with Gasteiger partial charge < -0.3 is 10.1 Å². The van der Waals surface area contributed by atoms with E-state index >= 15 is 0 Å². The molecule has 0 unspecified atom stereocenters. The fraction of sp³-hybridized carbons (Fsp3) is 0.667. The minimum Gasteiger partial charge on any atom is -0.487 e. The summed E-state index contributed by atoms with van der Waals surface area (Å²) in [5.74, 6) is 1.04. The lowest BCUT2D eigenvalue weighted by Gasteiger charge is -2.42. The van der Waals surface area contributed by atoms with Gasteiger partial charge in [0, 0.05) is 5.54 Å². The Morgan fingerprint density at radius 2 is 2.00 bits per heavy atom. The van der Waals surface area contributed by atoms with Crippen molar-refractivity contribution >= 4 is 0 Å². The van der Waals surface area contributed by atoms with Gasteiger partial charge in [0.1, 0.15) is 11.4 Å². The van der Waals surface area contributed by atoms with Crippen molar-refractivity contribution in [3.63, 3.8) is 0 Å². The molecule has 2 nitrogen and oxygen atoms in total. The third kappa shape index (κ3) is 4.24. The van der Waals surface area contributed by atoms with E-state index in [1.165, 1.54) is 24.8 Å². The highest BCUT2D eigenvalue weighted by Gasteiger charge is 2.39. The van der Waals surface area contributed by atoms with Crippen LogP contribution >= 0.6 is 0 Å². The van der Waals surface area contributed by atoms with Crippen LogP contribution in [0.5, 0.6) is 5.75 Å². The molecule has 112 valence electrons. The predicted molar refractivity (Wildman–Crippen MR) is 85.4 cm³/mol. The first kappa shape index (κ1) is 15.4. The molecule has 1 aliphatic carbocycles. The highest BCUT2D eigenvalue weighted by atomic mass is 16.5. The molecule has 2 rings (SSSR count). The minimum atomic E-state index is 0.0740. The number of rotatable bonds is 6. The van der Waals surface area contributed by atoms with Crippen LogP contribution in [0.2, 0.25) is 0 Å². The summed E-state index contributed by atoms with van der Waals surface area (Å²) in [5, 5.41) is 3.57. The molecule has 1 N–H and O–H groups in total. The Kier molecular flexibility index (Phi) is 4.74. The summed E-state index contributed by atoms with van der Waals surface area (Å²) < 4.78 is 6.36. The summed E-state index contributed by atoms with van der Waals surface area (Å²) in [7, 11) is 0. The fourth-order valence-electron chi connectivity index (χ4n) is 2.72. The Labute approximate surface area is 123 Å². The second-order valence-electron chi connectivity index (χ2n) is 7.07. The molecule has 0 saturated heterocycles. The van der Waals surface area contributed by atoms with E-state index in [-0.39, 0.29) is 11.1 Å². The molecule has 0 heterocycles. The van der Waals surface area contributed by atoms with E-state index in [2.05, 4.69) is 57.3 Å². The summed E-state index contributed by atoms with van der Waals surface area (Å²) in [6.45, 7) is 9.85. The molecule has 1 saturated carbocycles. The van der Waals surface area contributed by atoms with Crippen LogP contribution in [-0.2, 0) is 6.42 Å². The van der Waals surface area contributed by atoms with Crippen molar-refractivity contribution in [3.8, 4) is 5.75 Å². The Morgan fingerprint density at radius 1 is 1.25 bits per heavy atom. The fourth-order valence-corrected chi connectivity index (χ4v) is 2.72. The average molecular weight is 275 g/mol. The molecule has 1 aromatic rings. The van der Waals surface area contributed by atoms with Gasteiger partial charge in [0.15, 0.2) is 0 Å². The lowest BCUT2D eigenvalue weighted by atomic mass is 9.77. The number of nitrogens with one attached hydrogen (secondary N) is 1. The van der Waals surface area contributed by atoms with Crippen molar-refractivity contribution in [1.82, 2.24) is 5.32 Å². The van der Waals surface area contributed by atoms with Gasteiger partial charge in [-0.25, -0.2) is 0 Å². The van der Waals surface area contributed by atoms with Crippen LogP contribution in [0, 0.1) is 0 Å². The molecule has 0 bridgehead atoms. The SMILES string of the molecule is CCc1cccc(OC2(CCNC(C)(C)C)CCC2)c1. The number of hydrogen-bond donors (Lipinski definition) is 1. The summed E-state index contributed by atoms with van der Waals surface area (Å²) in [4.78, 5) is 0. The normalized spacial score (nSPS) is 17.6. The largest absolute Gasteiger partial charge is 0.487 e. The zero-order chi connectivity index (χ0) is 14.6. The lowest BCUT2D eigenvalue weighted by molar-refractivity contribution is -0.0152. The lowest BCUT2D eigenvalue weighted by Crippen LogP contribution is -2.47. The third-order valence-corrected chi connectivity index (χ3v) is 4.14. The van der Waals surface area contributed by atoms with Gasteiger partial charge in [-0.1, -0.05) is 19.1 Å². The minimum absolute atomic E-state index is 0.0740. The Morgan fingerprint density at radius 3 is 2.55 bits per heavy atom. The molecule has 1 fully saturated rings. The third-order valence-electron chi connectivity index (χ3n) is 4.14. The van der Waals surface area contributed by atoms with Gasteiger partial charge >= 0.3 is 0 Å². The van der Waals surface area contributed by atoms with Crippen LogP contribution in [0.4, 0.5) is 0 Å². The van der Waals surface area contributed by atoms with E-state index in [4.69, 9.17) is 4.74 Å². The zero-order valence-corrected chi connectivity index (χ0v) is 13.5. The van der Waals surface area contributed by atoms with Crippen molar-refractivity contribution in [3.05, 3.63) is 29.8 Å². The molecule has 1 aliphatic rings. The molecule has 0 aliphatic heterocycles. The molecule has 20 heavy (non-hydrogen) atoms. The van der Waals surface area contributed by atoms with E-state index in [1.807, 2.05) is 0 Å². The van der Waals surface area contributed by atoms with Gasteiger partial charge in [-0.3, -0.25) is 0 Å².